The summed E-state index contributed by atoms with van der Waals surface area (Å²) in [6.45, 7) is 3.53. The van der Waals surface area contributed by atoms with E-state index < -0.39 is 18.2 Å². The number of esters is 1. The SMILES string of the molecule is CCCCCC[C@H](C)OC(=O)C(F)(F)F. The van der Waals surface area contributed by atoms with E-state index in [4.69, 9.17) is 0 Å². The van der Waals surface area contributed by atoms with Gasteiger partial charge >= 0.3 is 12.1 Å². The minimum atomic E-state index is -4.88. The highest BCUT2D eigenvalue weighted by atomic mass is 19.4. The molecule has 0 aromatic heterocycles. The van der Waals surface area contributed by atoms with Gasteiger partial charge in [-0.05, 0) is 19.8 Å². The lowest BCUT2D eigenvalue weighted by Crippen LogP contribution is -2.28. The van der Waals surface area contributed by atoms with Crippen molar-refractivity contribution in [2.24, 2.45) is 0 Å². The summed E-state index contributed by atoms with van der Waals surface area (Å²) in [6.07, 6.45) is -1.17. The van der Waals surface area contributed by atoms with Crippen molar-refractivity contribution in [3.8, 4) is 0 Å². The Morgan fingerprint density at radius 2 is 1.87 bits per heavy atom. The van der Waals surface area contributed by atoms with Crippen LogP contribution in [0.2, 0.25) is 0 Å². The third-order valence-electron chi connectivity index (χ3n) is 2.00. The van der Waals surface area contributed by atoms with Crippen LogP contribution in [-0.2, 0) is 9.53 Å². The molecule has 0 aromatic carbocycles. The third kappa shape index (κ3) is 7.22. The number of unbranched alkanes of at least 4 members (excludes halogenated alkanes) is 3. The highest BCUT2D eigenvalue weighted by Crippen LogP contribution is 2.18. The summed E-state index contributed by atoms with van der Waals surface area (Å²) in [5, 5.41) is 0. The molecule has 0 aromatic rings. The number of carbonyl (C=O) groups is 1. The zero-order valence-electron chi connectivity index (χ0n) is 9.06. The van der Waals surface area contributed by atoms with E-state index >= 15 is 0 Å². The Balaban J connectivity index is 3.65. The van der Waals surface area contributed by atoms with Crippen LogP contribution in [0.4, 0.5) is 13.2 Å². The van der Waals surface area contributed by atoms with Crippen LogP contribution >= 0.6 is 0 Å². The maximum atomic E-state index is 11.8. The van der Waals surface area contributed by atoms with Crippen LogP contribution in [0.25, 0.3) is 0 Å². The number of hydrogen-bond acceptors (Lipinski definition) is 2. The summed E-state index contributed by atoms with van der Waals surface area (Å²) in [7, 11) is 0. The maximum absolute atomic E-state index is 11.8. The maximum Gasteiger partial charge on any atom is 0.490 e. The van der Waals surface area contributed by atoms with Crippen molar-refractivity contribution in [1.82, 2.24) is 0 Å². The van der Waals surface area contributed by atoms with Gasteiger partial charge in [-0.1, -0.05) is 26.2 Å². The Morgan fingerprint density at radius 1 is 1.27 bits per heavy atom. The molecule has 90 valence electrons. The van der Waals surface area contributed by atoms with Crippen molar-refractivity contribution in [2.45, 2.75) is 58.2 Å². The van der Waals surface area contributed by atoms with Gasteiger partial charge in [-0.2, -0.15) is 13.2 Å². The Kier molecular flexibility index (Phi) is 6.36. The normalized spacial score (nSPS) is 13.7. The average molecular weight is 226 g/mol. The van der Waals surface area contributed by atoms with Crippen LogP contribution < -0.4 is 0 Å². The summed E-state index contributed by atoms with van der Waals surface area (Å²) in [5.41, 5.74) is 0. The monoisotopic (exact) mass is 226 g/mol. The first-order valence-corrected chi connectivity index (χ1v) is 5.15. The lowest BCUT2D eigenvalue weighted by Gasteiger charge is -2.14. The van der Waals surface area contributed by atoms with E-state index in [1.54, 1.807) is 0 Å². The van der Waals surface area contributed by atoms with E-state index in [1.165, 1.54) is 6.92 Å². The van der Waals surface area contributed by atoms with Gasteiger partial charge in [0.25, 0.3) is 0 Å². The molecular weight excluding hydrogens is 209 g/mol. The number of ether oxygens (including phenoxy) is 1. The smallest absolute Gasteiger partial charge is 0.456 e. The van der Waals surface area contributed by atoms with Crippen LogP contribution in [0.3, 0.4) is 0 Å². The van der Waals surface area contributed by atoms with Crippen molar-refractivity contribution < 1.29 is 22.7 Å². The summed E-state index contributed by atoms with van der Waals surface area (Å²) in [4.78, 5) is 10.4. The van der Waals surface area contributed by atoms with E-state index in [-0.39, 0.29) is 0 Å². The van der Waals surface area contributed by atoms with E-state index in [9.17, 15) is 18.0 Å². The van der Waals surface area contributed by atoms with Crippen LogP contribution in [-0.4, -0.2) is 18.2 Å². The van der Waals surface area contributed by atoms with Gasteiger partial charge in [0.1, 0.15) is 0 Å². The first-order valence-electron chi connectivity index (χ1n) is 5.15. The van der Waals surface area contributed by atoms with Gasteiger partial charge in [0.15, 0.2) is 0 Å². The zero-order valence-corrected chi connectivity index (χ0v) is 9.06. The highest BCUT2D eigenvalue weighted by Gasteiger charge is 2.41. The molecule has 0 radical (unpaired) electrons. The largest absolute Gasteiger partial charge is 0.490 e. The highest BCUT2D eigenvalue weighted by molar-refractivity contribution is 5.75. The summed E-state index contributed by atoms with van der Waals surface area (Å²) >= 11 is 0. The minimum absolute atomic E-state index is 0.488. The van der Waals surface area contributed by atoms with Gasteiger partial charge in [-0.25, -0.2) is 4.79 Å². The molecule has 0 rings (SSSR count). The summed E-state index contributed by atoms with van der Waals surface area (Å²) in [5.74, 6) is -2.09. The molecule has 0 spiro atoms. The van der Waals surface area contributed by atoms with Gasteiger partial charge in [-0.15, -0.1) is 0 Å². The molecule has 5 heteroatoms. The molecule has 0 heterocycles. The van der Waals surface area contributed by atoms with Gasteiger partial charge in [-0.3, -0.25) is 0 Å². The topological polar surface area (TPSA) is 26.3 Å². The van der Waals surface area contributed by atoms with Gasteiger partial charge in [0, 0.05) is 0 Å². The third-order valence-corrected chi connectivity index (χ3v) is 2.00. The van der Waals surface area contributed by atoms with Crippen LogP contribution in [0.15, 0.2) is 0 Å². The molecule has 0 bridgehead atoms. The predicted octanol–water partition coefficient (Wildman–Crippen LogP) is 3.45. The molecule has 0 aliphatic heterocycles. The number of halogens is 3. The molecule has 0 aliphatic rings. The fourth-order valence-corrected chi connectivity index (χ4v) is 1.17. The lowest BCUT2D eigenvalue weighted by atomic mass is 10.1. The number of rotatable bonds is 6. The second-order valence-corrected chi connectivity index (χ2v) is 3.56. The number of hydrogen-bond donors (Lipinski definition) is 0. The number of alkyl halides is 3. The van der Waals surface area contributed by atoms with Crippen LogP contribution in [0.5, 0.6) is 0 Å². The fourth-order valence-electron chi connectivity index (χ4n) is 1.17. The standard InChI is InChI=1S/C10H17F3O2/c1-3-4-5-6-7-8(2)15-9(14)10(11,12)13/h8H,3-7H2,1-2H3/t8-/m0/s1. The van der Waals surface area contributed by atoms with E-state index in [1.807, 2.05) is 6.92 Å². The Hall–Kier alpha value is -0.740. The van der Waals surface area contributed by atoms with Gasteiger partial charge in [0.05, 0.1) is 6.10 Å². The summed E-state index contributed by atoms with van der Waals surface area (Å²) in [6, 6.07) is 0. The average Bonchev–Trinajstić information content (AvgIpc) is 2.11. The predicted molar refractivity (Wildman–Crippen MR) is 50.4 cm³/mol. The van der Waals surface area contributed by atoms with Crippen LogP contribution in [0.1, 0.15) is 46.0 Å². The molecule has 0 saturated heterocycles. The van der Waals surface area contributed by atoms with Gasteiger partial charge < -0.3 is 4.74 Å². The fraction of sp³-hybridized carbons (Fsp3) is 0.900. The quantitative estimate of drug-likeness (QED) is 0.512. The molecule has 0 unspecified atom stereocenters. The van der Waals surface area contributed by atoms with E-state index in [2.05, 4.69) is 4.74 Å². The first kappa shape index (κ1) is 14.3. The van der Waals surface area contributed by atoms with Crippen molar-refractivity contribution in [3.05, 3.63) is 0 Å². The van der Waals surface area contributed by atoms with Crippen molar-refractivity contribution in [2.75, 3.05) is 0 Å². The molecule has 1 atom stereocenters. The van der Waals surface area contributed by atoms with Crippen LogP contribution in [0, 0.1) is 0 Å². The van der Waals surface area contributed by atoms with Crippen molar-refractivity contribution >= 4 is 5.97 Å². The zero-order chi connectivity index (χ0) is 11.9. The Morgan fingerprint density at radius 3 is 2.33 bits per heavy atom. The first-order chi connectivity index (χ1) is 6.88. The molecule has 0 amide bonds. The molecule has 0 saturated carbocycles. The molecule has 2 nitrogen and oxygen atoms in total. The van der Waals surface area contributed by atoms with E-state index in [0.29, 0.717) is 6.42 Å². The van der Waals surface area contributed by atoms with E-state index in [0.717, 1.165) is 25.7 Å². The number of carbonyl (C=O) groups excluding carboxylic acids is 1. The summed E-state index contributed by atoms with van der Waals surface area (Å²) < 4.78 is 39.6. The minimum Gasteiger partial charge on any atom is -0.456 e. The lowest BCUT2D eigenvalue weighted by molar-refractivity contribution is -0.204. The second kappa shape index (κ2) is 6.69. The van der Waals surface area contributed by atoms with Crippen molar-refractivity contribution in [1.29, 1.82) is 0 Å². The second-order valence-electron chi connectivity index (χ2n) is 3.56. The molecule has 15 heavy (non-hydrogen) atoms. The van der Waals surface area contributed by atoms with Crippen molar-refractivity contribution in [3.63, 3.8) is 0 Å². The van der Waals surface area contributed by atoms with Gasteiger partial charge in [0.2, 0.25) is 0 Å². The Bertz CT molecular complexity index is 190. The molecular formula is C10H17F3O2. The molecule has 0 N–H and O–H groups in total. The molecule has 0 fully saturated rings. The Labute approximate surface area is 87.8 Å². The molecule has 0 aliphatic carbocycles.